The molecule has 8 heteroatoms. The number of methoxy groups -OCH3 is 1. The predicted molar refractivity (Wildman–Crippen MR) is 93.3 cm³/mol. The van der Waals surface area contributed by atoms with Crippen molar-refractivity contribution < 1.29 is 22.3 Å². The molecule has 0 saturated heterocycles. The molecule has 6 nitrogen and oxygen atoms in total. The van der Waals surface area contributed by atoms with E-state index in [-0.39, 0.29) is 10.6 Å². The van der Waals surface area contributed by atoms with E-state index < -0.39 is 21.7 Å². The van der Waals surface area contributed by atoms with Gasteiger partial charge in [0, 0.05) is 11.8 Å². The van der Waals surface area contributed by atoms with Crippen molar-refractivity contribution in [1.82, 2.24) is 4.72 Å². The number of rotatable bonds is 6. The molecule has 0 bridgehead atoms. The summed E-state index contributed by atoms with van der Waals surface area (Å²) in [6, 6.07) is 9.99. The van der Waals surface area contributed by atoms with Crippen LogP contribution in [0.15, 0.2) is 53.4 Å². The first-order chi connectivity index (χ1) is 11.9. The van der Waals surface area contributed by atoms with Crippen LogP contribution in [0.1, 0.15) is 5.56 Å². The molecular weight excluding hydrogens is 347 g/mol. The Balaban J connectivity index is 2.20. The molecule has 0 aliphatic carbocycles. The fourth-order valence-corrected chi connectivity index (χ4v) is 2.97. The number of benzene rings is 2. The van der Waals surface area contributed by atoms with E-state index in [1.807, 2.05) is 0 Å². The van der Waals surface area contributed by atoms with Gasteiger partial charge in [-0.2, -0.15) is 0 Å². The Kier molecular flexibility index (Phi) is 5.89. The van der Waals surface area contributed by atoms with E-state index in [1.165, 1.54) is 56.6 Å². The summed E-state index contributed by atoms with van der Waals surface area (Å²) < 4.78 is 44.4. The molecular formula is C17H17FN2O4S. The summed E-state index contributed by atoms with van der Waals surface area (Å²) in [7, 11) is -1.04. The average molecular weight is 364 g/mol. The van der Waals surface area contributed by atoms with Crippen molar-refractivity contribution in [2.45, 2.75) is 4.90 Å². The molecule has 0 heterocycles. The molecule has 0 unspecified atom stereocenters. The minimum absolute atomic E-state index is 0.0369. The van der Waals surface area contributed by atoms with Crippen LogP contribution in [0.25, 0.3) is 6.08 Å². The molecule has 0 radical (unpaired) electrons. The molecule has 132 valence electrons. The summed E-state index contributed by atoms with van der Waals surface area (Å²) in [5.41, 5.74) is 0.812. The van der Waals surface area contributed by atoms with Crippen LogP contribution in [0, 0.1) is 5.82 Å². The van der Waals surface area contributed by atoms with Crippen molar-refractivity contribution in [2.75, 3.05) is 19.5 Å². The third kappa shape index (κ3) is 4.88. The summed E-state index contributed by atoms with van der Waals surface area (Å²) in [5.74, 6) is -0.742. The van der Waals surface area contributed by atoms with Gasteiger partial charge in [-0.3, -0.25) is 4.79 Å². The zero-order valence-corrected chi connectivity index (χ0v) is 14.4. The Morgan fingerprint density at radius 2 is 1.96 bits per heavy atom. The molecule has 0 aliphatic rings. The van der Waals surface area contributed by atoms with Crippen molar-refractivity contribution >= 4 is 27.7 Å². The lowest BCUT2D eigenvalue weighted by Gasteiger charge is -2.09. The van der Waals surface area contributed by atoms with Gasteiger partial charge in [-0.1, -0.05) is 12.1 Å². The van der Waals surface area contributed by atoms with Gasteiger partial charge in [0.05, 0.1) is 7.11 Å². The Bertz CT molecular complexity index is 911. The zero-order chi connectivity index (χ0) is 18.4. The second kappa shape index (κ2) is 7.91. The number of sulfonamides is 1. The van der Waals surface area contributed by atoms with Gasteiger partial charge < -0.3 is 10.1 Å². The van der Waals surface area contributed by atoms with Gasteiger partial charge >= 0.3 is 0 Å². The first kappa shape index (κ1) is 18.6. The van der Waals surface area contributed by atoms with E-state index in [4.69, 9.17) is 4.74 Å². The molecule has 0 fully saturated rings. The normalized spacial score (nSPS) is 11.5. The summed E-state index contributed by atoms with van der Waals surface area (Å²) in [6.45, 7) is 0. The largest absolute Gasteiger partial charge is 0.495 e. The highest BCUT2D eigenvalue weighted by atomic mass is 32.2. The van der Waals surface area contributed by atoms with Crippen molar-refractivity contribution in [2.24, 2.45) is 0 Å². The van der Waals surface area contributed by atoms with Crippen LogP contribution in [0.3, 0.4) is 0 Å². The van der Waals surface area contributed by atoms with Crippen molar-refractivity contribution in [1.29, 1.82) is 0 Å². The molecule has 25 heavy (non-hydrogen) atoms. The maximum Gasteiger partial charge on any atom is 0.248 e. The number of nitrogens with one attached hydrogen (secondary N) is 2. The lowest BCUT2D eigenvalue weighted by atomic mass is 10.2. The van der Waals surface area contributed by atoms with Gasteiger partial charge in [0.25, 0.3) is 0 Å². The molecule has 0 aromatic heterocycles. The quantitative estimate of drug-likeness (QED) is 0.771. The maximum atomic E-state index is 13.1. The van der Waals surface area contributed by atoms with Crippen molar-refractivity contribution in [3.8, 4) is 5.75 Å². The molecule has 1 amide bonds. The Labute approximate surface area is 145 Å². The summed E-state index contributed by atoms with van der Waals surface area (Å²) in [6.07, 6.45) is 2.67. The van der Waals surface area contributed by atoms with Crippen molar-refractivity contribution in [3.05, 3.63) is 59.9 Å². The van der Waals surface area contributed by atoms with Gasteiger partial charge in [-0.05, 0) is 49.0 Å². The van der Waals surface area contributed by atoms with Gasteiger partial charge in [0.2, 0.25) is 15.9 Å². The van der Waals surface area contributed by atoms with Crippen LogP contribution in [-0.2, 0) is 14.8 Å². The number of hydrogen-bond acceptors (Lipinski definition) is 4. The van der Waals surface area contributed by atoms with E-state index in [0.717, 1.165) is 0 Å². The summed E-state index contributed by atoms with van der Waals surface area (Å²) in [4.78, 5) is 11.8. The van der Waals surface area contributed by atoms with Crippen LogP contribution in [0.5, 0.6) is 5.75 Å². The lowest BCUT2D eigenvalue weighted by Crippen LogP contribution is -2.19. The molecule has 2 rings (SSSR count). The smallest absolute Gasteiger partial charge is 0.248 e. The van der Waals surface area contributed by atoms with E-state index in [9.17, 15) is 17.6 Å². The SMILES string of the molecule is CNS(=O)(=O)c1cc(/C=C/C(=O)Nc2cccc(F)c2)ccc1OC. The van der Waals surface area contributed by atoms with E-state index >= 15 is 0 Å². The Morgan fingerprint density at radius 3 is 2.60 bits per heavy atom. The first-order valence-electron chi connectivity index (χ1n) is 7.22. The number of carbonyl (C=O) groups excluding carboxylic acids is 1. The van der Waals surface area contributed by atoms with Crippen LogP contribution in [-0.4, -0.2) is 28.5 Å². The average Bonchev–Trinajstić information content (AvgIpc) is 2.59. The summed E-state index contributed by atoms with van der Waals surface area (Å²) >= 11 is 0. The molecule has 0 saturated carbocycles. The second-order valence-electron chi connectivity index (χ2n) is 4.95. The highest BCUT2D eigenvalue weighted by Gasteiger charge is 2.17. The third-order valence-corrected chi connectivity index (χ3v) is 4.70. The fourth-order valence-electron chi connectivity index (χ4n) is 2.04. The van der Waals surface area contributed by atoms with E-state index in [2.05, 4.69) is 10.0 Å². The molecule has 0 atom stereocenters. The van der Waals surface area contributed by atoms with Gasteiger partial charge in [-0.25, -0.2) is 17.5 Å². The topological polar surface area (TPSA) is 84.5 Å². The number of anilines is 1. The van der Waals surface area contributed by atoms with Crippen LogP contribution in [0.4, 0.5) is 10.1 Å². The number of carbonyl (C=O) groups is 1. The van der Waals surface area contributed by atoms with Gasteiger partial charge in [0.15, 0.2) is 0 Å². The highest BCUT2D eigenvalue weighted by molar-refractivity contribution is 7.89. The van der Waals surface area contributed by atoms with Crippen LogP contribution < -0.4 is 14.8 Å². The predicted octanol–water partition coefficient (Wildman–Crippen LogP) is 2.39. The number of hydrogen-bond donors (Lipinski definition) is 2. The number of ether oxygens (including phenoxy) is 1. The van der Waals surface area contributed by atoms with Crippen LogP contribution >= 0.6 is 0 Å². The standard InChI is InChI=1S/C17H17FN2O4S/c1-19-25(22,23)16-10-12(6-8-15(16)24-2)7-9-17(21)20-14-5-3-4-13(18)11-14/h3-11,19H,1-2H3,(H,20,21)/b9-7+. The second-order valence-corrected chi connectivity index (χ2v) is 6.81. The van der Waals surface area contributed by atoms with Gasteiger partial charge in [0.1, 0.15) is 16.5 Å². The number of halogens is 1. The molecule has 0 aliphatic heterocycles. The minimum atomic E-state index is -3.71. The highest BCUT2D eigenvalue weighted by Crippen LogP contribution is 2.25. The maximum absolute atomic E-state index is 13.1. The number of amides is 1. The Morgan fingerprint density at radius 1 is 1.20 bits per heavy atom. The minimum Gasteiger partial charge on any atom is -0.495 e. The lowest BCUT2D eigenvalue weighted by molar-refractivity contribution is -0.111. The summed E-state index contributed by atoms with van der Waals surface area (Å²) in [5, 5.41) is 2.51. The first-order valence-corrected chi connectivity index (χ1v) is 8.70. The zero-order valence-electron chi connectivity index (χ0n) is 13.6. The van der Waals surface area contributed by atoms with Gasteiger partial charge in [-0.15, -0.1) is 0 Å². The molecule has 2 aromatic rings. The molecule has 2 N–H and O–H groups in total. The fraction of sp³-hybridized carbons (Fsp3) is 0.118. The van der Waals surface area contributed by atoms with E-state index in [0.29, 0.717) is 11.3 Å². The molecule has 2 aromatic carbocycles. The monoisotopic (exact) mass is 364 g/mol. The van der Waals surface area contributed by atoms with Crippen LogP contribution in [0.2, 0.25) is 0 Å². The van der Waals surface area contributed by atoms with Crippen molar-refractivity contribution in [3.63, 3.8) is 0 Å². The Hall–Kier alpha value is -2.71. The third-order valence-electron chi connectivity index (χ3n) is 3.27. The van der Waals surface area contributed by atoms with E-state index in [1.54, 1.807) is 12.1 Å². The molecule has 0 spiro atoms.